The maximum atomic E-state index is 10.9. The molecule has 0 bridgehead atoms. The fourth-order valence-electron chi connectivity index (χ4n) is 1.09. The van der Waals surface area contributed by atoms with Crippen LogP contribution in [-0.4, -0.2) is 25.0 Å². The van der Waals surface area contributed by atoms with Crippen LogP contribution in [0.1, 0.15) is 5.56 Å². The lowest BCUT2D eigenvalue weighted by Gasteiger charge is -2.05. The topological polar surface area (TPSA) is 35.5 Å². The van der Waals surface area contributed by atoms with Crippen molar-refractivity contribution in [1.82, 2.24) is 0 Å². The fourth-order valence-corrected chi connectivity index (χ4v) is 1.28. The average molecular weight is 285 g/mol. The number of alkyl halides is 1. The van der Waals surface area contributed by atoms with Gasteiger partial charge in [-0.05, 0) is 17.7 Å². The van der Waals surface area contributed by atoms with Gasteiger partial charge in [0.15, 0.2) is 6.61 Å². The van der Waals surface area contributed by atoms with Gasteiger partial charge < -0.3 is 9.47 Å². The van der Waals surface area contributed by atoms with Gasteiger partial charge in [0.25, 0.3) is 0 Å². The van der Waals surface area contributed by atoms with Crippen molar-refractivity contribution in [3.05, 3.63) is 35.9 Å². The van der Waals surface area contributed by atoms with Crippen molar-refractivity contribution < 1.29 is 14.3 Å². The zero-order chi connectivity index (χ0) is 11.8. The molecular formula is C12H13BrO3. The van der Waals surface area contributed by atoms with Crippen molar-refractivity contribution in [3.63, 3.8) is 0 Å². The fraction of sp³-hybridized carbons (Fsp3) is 0.250. The lowest BCUT2D eigenvalue weighted by molar-refractivity contribution is -0.142. The Morgan fingerprint density at radius 1 is 1.50 bits per heavy atom. The number of rotatable bonds is 5. The van der Waals surface area contributed by atoms with Gasteiger partial charge in [-0.15, -0.1) is 0 Å². The third-order valence-corrected chi connectivity index (χ3v) is 2.22. The SMILES string of the molecule is COC(=O)COc1cccc(C=CCBr)c1. The first kappa shape index (κ1) is 12.8. The number of hydrogen-bond donors (Lipinski definition) is 0. The molecule has 16 heavy (non-hydrogen) atoms. The van der Waals surface area contributed by atoms with Gasteiger partial charge in [0.1, 0.15) is 5.75 Å². The summed E-state index contributed by atoms with van der Waals surface area (Å²) in [6.45, 7) is -0.0673. The van der Waals surface area contributed by atoms with Gasteiger partial charge >= 0.3 is 5.97 Å². The lowest BCUT2D eigenvalue weighted by Crippen LogP contribution is -2.12. The highest BCUT2D eigenvalue weighted by Crippen LogP contribution is 2.14. The first-order valence-corrected chi connectivity index (χ1v) is 5.90. The summed E-state index contributed by atoms with van der Waals surface area (Å²) in [5.41, 5.74) is 1.03. The quantitative estimate of drug-likeness (QED) is 0.616. The molecular weight excluding hydrogens is 272 g/mol. The highest BCUT2D eigenvalue weighted by molar-refractivity contribution is 9.09. The van der Waals surface area contributed by atoms with Gasteiger partial charge in [0.05, 0.1) is 7.11 Å². The summed E-state index contributed by atoms with van der Waals surface area (Å²) in [4.78, 5) is 10.9. The lowest BCUT2D eigenvalue weighted by atomic mass is 10.2. The molecule has 0 unspecified atom stereocenters. The average Bonchev–Trinajstić information content (AvgIpc) is 2.34. The summed E-state index contributed by atoms with van der Waals surface area (Å²) < 4.78 is 9.74. The van der Waals surface area contributed by atoms with E-state index >= 15 is 0 Å². The van der Waals surface area contributed by atoms with Crippen LogP contribution >= 0.6 is 15.9 Å². The molecule has 1 aromatic rings. The summed E-state index contributed by atoms with van der Waals surface area (Å²) in [6, 6.07) is 7.50. The summed E-state index contributed by atoms with van der Waals surface area (Å²) in [5, 5.41) is 0.806. The second-order valence-corrected chi connectivity index (χ2v) is 3.64. The Hall–Kier alpha value is -1.29. The minimum absolute atomic E-state index is 0.0673. The molecule has 0 heterocycles. The van der Waals surface area contributed by atoms with E-state index in [2.05, 4.69) is 20.7 Å². The Morgan fingerprint density at radius 3 is 3.00 bits per heavy atom. The minimum Gasteiger partial charge on any atom is -0.482 e. The molecule has 0 atom stereocenters. The second kappa shape index (κ2) is 7.06. The zero-order valence-corrected chi connectivity index (χ0v) is 10.6. The van der Waals surface area contributed by atoms with E-state index in [1.54, 1.807) is 6.07 Å². The molecule has 0 aliphatic carbocycles. The number of esters is 1. The van der Waals surface area contributed by atoms with Crippen molar-refractivity contribution in [1.29, 1.82) is 0 Å². The number of carbonyl (C=O) groups is 1. The molecule has 0 aliphatic heterocycles. The van der Waals surface area contributed by atoms with Crippen LogP contribution in [-0.2, 0) is 9.53 Å². The van der Waals surface area contributed by atoms with Gasteiger partial charge in [-0.1, -0.05) is 40.2 Å². The first-order chi connectivity index (χ1) is 7.76. The molecule has 1 aromatic carbocycles. The summed E-state index contributed by atoms with van der Waals surface area (Å²) >= 11 is 3.31. The third-order valence-electron chi connectivity index (χ3n) is 1.84. The van der Waals surface area contributed by atoms with Gasteiger partial charge in [0, 0.05) is 5.33 Å². The number of ether oxygens (including phenoxy) is 2. The van der Waals surface area contributed by atoms with E-state index < -0.39 is 0 Å². The number of allylic oxidation sites excluding steroid dienone is 1. The predicted molar refractivity (Wildman–Crippen MR) is 66.8 cm³/mol. The molecule has 0 aromatic heterocycles. The molecule has 0 aliphatic rings. The van der Waals surface area contributed by atoms with E-state index in [-0.39, 0.29) is 12.6 Å². The molecule has 0 amide bonds. The summed E-state index contributed by atoms with van der Waals surface area (Å²) in [7, 11) is 1.33. The van der Waals surface area contributed by atoms with Crippen LogP contribution < -0.4 is 4.74 Å². The summed E-state index contributed by atoms with van der Waals surface area (Å²) in [5.74, 6) is 0.267. The molecule has 1 rings (SSSR count). The van der Waals surface area contributed by atoms with Crippen molar-refractivity contribution >= 4 is 28.0 Å². The van der Waals surface area contributed by atoms with Crippen molar-refractivity contribution in [2.75, 3.05) is 19.0 Å². The van der Waals surface area contributed by atoms with Gasteiger partial charge in [-0.2, -0.15) is 0 Å². The Kier molecular flexibility index (Phi) is 5.64. The predicted octanol–water partition coefficient (Wildman–Crippen LogP) is 2.65. The van der Waals surface area contributed by atoms with E-state index in [1.807, 2.05) is 30.4 Å². The first-order valence-electron chi connectivity index (χ1n) is 4.78. The Morgan fingerprint density at radius 2 is 2.31 bits per heavy atom. The molecule has 4 heteroatoms. The normalized spacial score (nSPS) is 10.4. The molecule has 0 saturated heterocycles. The molecule has 0 fully saturated rings. The second-order valence-electron chi connectivity index (χ2n) is 2.99. The highest BCUT2D eigenvalue weighted by atomic mass is 79.9. The number of benzene rings is 1. The van der Waals surface area contributed by atoms with Crippen LogP contribution in [0.4, 0.5) is 0 Å². The van der Waals surface area contributed by atoms with Crippen molar-refractivity contribution in [2.45, 2.75) is 0 Å². The molecule has 86 valence electrons. The van der Waals surface area contributed by atoms with Gasteiger partial charge in [-0.3, -0.25) is 0 Å². The molecule has 0 radical (unpaired) electrons. The van der Waals surface area contributed by atoms with Crippen LogP contribution in [0.3, 0.4) is 0 Å². The van der Waals surface area contributed by atoms with E-state index in [9.17, 15) is 4.79 Å². The van der Waals surface area contributed by atoms with Crippen molar-refractivity contribution in [2.24, 2.45) is 0 Å². The van der Waals surface area contributed by atoms with Crippen LogP contribution in [0.15, 0.2) is 30.3 Å². The van der Waals surface area contributed by atoms with E-state index in [0.29, 0.717) is 5.75 Å². The molecule has 0 N–H and O–H groups in total. The number of carbonyl (C=O) groups excluding carboxylic acids is 1. The van der Waals surface area contributed by atoms with E-state index in [0.717, 1.165) is 10.9 Å². The van der Waals surface area contributed by atoms with Crippen LogP contribution in [0.5, 0.6) is 5.75 Å². The van der Waals surface area contributed by atoms with Crippen LogP contribution in [0.2, 0.25) is 0 Å². The molecule has 3 nitrogen and oxygen atoms in total. The third kappa shape index (κ3) is 4.49. The monoisotopic (exact) mass is 284 g/mol. The maximum Gasteiger partial charge on any atom is 0.343 e. The Labute approximate surface area is 103 Å². The summed E-state index contributed by atoms with van der Waals surface area (Å²) in [6.07, 6.45) is 3.96. The number of halogens is 1. The minimum atomic E-state index is -0.388. The van der Waals surface area contributed by atoms with Crippen LogP contribution in [0.25, 0.3) is 6.08 Å². The van der Waals surface area contributed by atoms with E-state index in [4.69, 9.17) is 4.74 Å². The molecule has 0 spiro atoms. The maximum absolute atomic E-state index is 10.9. The number of methoxy groups -OCH3 is 1. The van der Waals surface area contributed by atoms with Crippen LogP contribution in [0, 0.1) is 0 Å². The Bertz CT molecular complexity index is 374. The highest BCUT2D eigenvalue weighted by Gasteiger charge is 2.01. The molecule has 0 saturated carbocycles. The largest absolute Gasteiger partial charge is 0.482 e. The van der Waals surface area contributed by atoms with Gasteiger partial charge in [-0.25, -0.2) is 4.79 Å². The van der Waals surface area contributed by atoms with Gasteiger partial charge in [0.2, 0.25) is 0 Å². The smallest absolute Gasteiger partial charge is 0.343 e. The number of hydrogen-bond acceptors (Lipinski definition) is 3. The van der Waals surface area contributed by atoms with E-state index in [1.165, 1.54) is 7.11 Å². The standard InChI is InChI=1S/C12H13BrO3/c1-15-12(14)9-16-11-6-2-4-10(8-11)5-3-7-13/h2-6,8H,7,9H2,1H3. The zero-order valence-electron chi connectivity index (χ0n) is 8.98. The Balaban J connectivity index is 2.60. The van der Waals surface area contributed by atoms with Crippen molar-refractivity contribution in [3.8, 4) is 5.75 Å².